The third-order valence-corrected chi connectivity index (χ3v) is 3.13. The van der Waals surface area contributed by atoms with Crippen molar-refractivity contribution in [3.05, 3.63) is 18.0 Å². The van der Waals surface area contributed by atoms with Crippen LogP contribution >= 0.6 is 0 Å². The van der Waals surface area contributed by atoms with Gasteiger partial charge in [-0.3, -0.25) is 4.68 Å². The van der Waals surface area contributed by atoms with Gasteiger partial charge in [-0.25, -0.2) is 4.79 Å². The number of nitrogens with zero attached hydrogens (tertiary/aromatic N) is 2. The van der Waals surface area contributed by atoms with Crippen molar-refractivity contribution in [3.63, 3.8) is 0 Å². The van der Waals surface area contributed by atoms with Gasteiger partial charge in [-0.1, -0.05) is 6.92 Å². The summed E-state index contributed by atoms with van der Waals surface area (Å²) >= 11 is 0. The molecule has 0 aliphatic rings. The van der Waals surface area contributed by atoms with Crippen molar-refractivity contribution in [3.8, 4) is 0 Å². The molecule has 0 radical (unpaired) electrons. The van der Waals surface area contributed by atoms with E-state index < -0.39 is 24.1 Å². The number of carboxylic acid groups (broad SMARTS) is 1. The average molecular weight is 278 g/mol. The first kappa shape index (κ1) is 15.5. The van der Waals surface area contributed by atoms with Gasteiger partial charge in [-0.2, -0.15) is 18.3 Å². The number of hydrogen-bond acceptors (Lipinski definition) is 2. The molecule has 108 valence electrons. The Morgan fingerprint density at radius 1 is 1.42 bits per heavy atom. The summed E-state index contributed by atoms with van der Waals surface area (Å²) in [5.41, 5.74) is -0.595. The van der Waals surface area contributed by atoms with E-state index in [2.05, 4.69) is 5.10 Å². The minimum atomic E-state index is -4.27. The highest BCUT2D eigenvalue weighted by Crippen LogP contribution is 2.28. The van der Waals surface area contributed by atoms with Crippen LogP contribution in [0.3, 0.4) is 0 Å². The molecule has 0 bridgehead atoms. The molecule has 1 rings (SSSR count). The van der Waals surface area contributed by atoms with Crippen LogP contribution in [0.2, 0.25) is 0 Å². The van der Waals surface area contributed by atoms with Crippen molar-refractivity contribution in [2.75, 3.05) is 0 Å². The first-order valence-corrected chi connectivity index (χ1v) is 6.03. The topological polar surface area (TPSA) is 55.1 Å². The van der Waals surface area contributed by atoms with Crippen molar-refractivity contribution in [1.29, 1.82) is 0 Å². The predicted octanol–water partition coefficient (Wildman–Crippen LogP) is 2.98. The van der Waals surface area contributed by atoms with Crippen molar-refractivity contribution in [1.82, 2.24) is 9.78 Å². The largest absolute Gasteiger partial charge is 0.479 e. The number of aliphatic carboxylic acids is 1. The van der Waals surface area contributed by atoms with E-state index in [9.17, 15) is 23.1 Å². The quantitative estimate of drug-likeness (QED) is 0.870. The average Bonchev–Trinajstić information content (AvgIpc) is 2.75. The molecular weight excluding hydrogens is 261 g/mol. The SMILES string of the molecule is CCc1cnn(C(C)(CCCC(F)(F)F)C(=O)O)c1. The van der Waals surface area contributed by atoms with E-state index in [1.54, 1.807) is 6.20 Å². The Bertz CT molecular complexity index is 442. The number of aromatic nitrogens is 2. The maximum absolute atomic E-state index is 12.1. The van der Waals surface area contributed by atoms with Gasteiger partial charge in [0.15, 0.2) is 5.54 Å². The zero-order chi connectivity index (χ0) is 14.7. The van der Waals surface area contributed by atoms with Gasteiger partial charge in [-0.15, -0.1) is 0 Å². The maximum Gasteiger partial charge on any atom is 0.389 e. The number of aryl methyl sites for hydroxylation is 1. The van der Waals surface area contributed by atoms with Crippen LogP contribution in [0.1, 0.15) is 38.7 Å². The maximum atomic E-state index is 12.1. The number of rotatable bonds is 6. The zero-order valence-electron chi connectivity index (χ0n) is 10.9. The van der Waals surface area contributed by atoms with Crippen LogP contribution in [-0.2, 0) is 16.8 Å². The van der Waals surface area contributed by atoms with E-state index in [1.165, 1.54) is 17.8 Å². The Morgan fingerprint density at radius 2 is 2.05 bits per heavy atom. The summed E-state index contributed by atoms with van der Waals surface area (Å²) < 4.78 is 37.6. The third-order valence-electron chi connectivity index (χ3n) is 3.13. The molecule has 7 heteroatoms. The minimum Gasteiger partial charge on any atom is -0.479 e. The fraction of sp³-hybridized carbons (Fsp3) is 0.667. The Hall–Kier alpha value is -1.53. The van der Waals surface area contributed by atoms with E-state index in [1.807, 2.05) is 6.92 Å². The fourth-order valence-electron chi connectivity index (χ4n) is 1.77. The molecule has 4 nitrogen and oxygen atoms in total. The van der Waals surface area contributed by atoms with Crippen molar-refractivity contribution < 1.29 is 23.1 Å². The van der Waals surface area contributed by atoms with Gasteiger partial charge in [0.25, 0.3) is 0 Å². The monoisotopic (exact) mass is 278 g/mol. The Kier molecular flexibility index (Phi) is 4.60. The van der Waals surface area contributed by atoms with Crippen LogP contribution < -0.4 is 0 Å². The lowest BCUT2D eigenvalue weighted by atomic mass is 9.95. The van der Waals surface area contributed by atoms with Crippen LogP contribution in [0.5, 0.6) is 0 Å². The van der Waals surface area contributed by atoms with Gasteiger partial charge in [-0.05, 0) is 31.7 Å². The van der Waals surface area contributed by atoms with Crippen molar-refractivity contribution in [2.45, 2.75) is 51.2 Å². The molecule has 0 aromatic carbocycles. The second-order valence-corrected chi connectivity index (χ2v) is 4.69. The highest BCUT2D eigenvalue weighted by atomic mass is 19.4. The van der Waals surface area contributed by atoms with Gasteiger partial charge in [0.1, 0.15) is 0 Å². The Labute approximate surface area is 109 Å². The number of carbonyl (C=O) groups is 1. The molecule has 19 heavy (non-hydrogen) atoms. The second kappa shape index (κ2) is 5.63. The molecule has 0 amide bonds. The summed E-state index contributed by atoms with van der Waals surface area (Å²) in [6.45, 7) is 3.28. The zero-order valence-corrected chi connectivity index (χ0v) is 10.9. The predicted molar refractivity (Wildman–Crippen MR) is 62.8 cm³/mol. The molecule has 1 N–H and O–H groups in total. The lowest BCUT2D eigenvalue weighted by Gasteiger charge is -2.25. The lowest BCUT2D eigenvalue weighted by Crippen LogP contribution is -2.39. The van der Waals surface area contributed by atoms with Crippen molar-refractivity contribution >= 4 is 5.97 Å². The summed E-state index contributed by atoms with van der Waals surface area (Å²) in [5.74, 6) is -1.18. The highest BCUT2D eigenvalue weighted by molar-refractivity contribution is 5.76. The Balaban J connectivity index is 2.82. The molecule has 1 aromatic heterocycles. The van der Waals surface area contributed by atoms with Gasteiger partial charge >= 0.3 is 12.1 Å². The van der Waals surface area contributed by atoms with Crippen LogP contribution in [0.25, 0.3) is 0 Å². The summed E-state index contributed by atoms with van der Waals surface area (Å²) in [6.07, 6.45) is -1.82. The summed E-state index contributed by atoms with van der Waals surface area (Å²) in [4.78, 5) is 11.3. The van der Waals surface area contributed by atoms with Crippen LogP contribution in [-0.4, -0.2) is 27.0 Å². The van der Waals surface area contributed by atoms with E-state index >= 15 is 0 Å². The Morgan fingerprint density at radius 3 is 2.47 bits per heavy atom. The van der Waals surface area contributed by atoms with E-state index in [0.29, 0.717) is 6.42 Å². The van der Waals surface area contributed by atoms with Gasteiger partial charge < -0.3 is 5.11 Å². The van der Waals surface area contributed by atoms with E-state index in [4.69, 9.17) is 0 Å². The van der Waals surface area contributed by atoms with Crippen LogP contribution in [0, 0.1) is 0 Å². The molecule has 0 aliphatic carbocycles. The molecule has 1 heterocycles. The second-order valence-electron chi connectivity index (χ2n) is 4.69. The minimum absolute atomic E-state index is 0.118. The first-order valence-electron chi connectivity index (χ1n) is 6.03. The molecule has 0 aliphatic heterocycles. The van der Waals surface area contributed by atoms with Crippen LogP contribution in [0.15, 0.2) is 12.4 Å². The summed E-state index contributed by atoms with van der Waals surface area (Å²) in [5, 5.41) is 13.2. The fourth-order valence-corrected chi connectivity index (χ4v) is 1.77. The standard InChI is InChI=1S/C12H17F3N2O2/c1-3-9-7-16-17(8-9)11(2,10(18)19)5-4-6-12(13,14)15/h7-8H,3-6H2,1-2H3,(H,18,19). The van der Waals surface area contributed by atoms with Crippen molar-refractivity contribution in [2.24, 2.45) is 0 Å². The highest BCUT2D eigenvalue weighted by Gasteiger charge is 2.37. The number of alkyl halides is 3. The van der Waals surface area contributed by atoms with Gasteiger partial charge in [0.05, 0.1) is 6.20 Å². The molecule has 1 unspecified atom stereocenters. The number of hydrogen-bond donors (Lipinski definition) is 1. The lowest BCUT2D eigenvalue weighted by molar-refractivity contribution is -0.150. The first-order chi connectivity index (χ1) is 8.69. The normalized spacial score (nSPS) is 15.2. The molecular formula is C12H17F3N2O2. The van der Waals surface area contributed by atoms with E-state index in [0.717, 1.165) is 5.56 Å². The number of carboxylic acids is 1. The smallest absolute Gasteiger partial charge is 0.389 e. The third kappa shape index (κ3) is 3.97. The van der Waals surface area contributed by atoms with Crippen LogP contribution in [0.4, 0.5) is 13.2 Å². The number of halogens is 3. The van der Waals surface area contributed by atoms with E-state index in [-0.39, 0.29) is 12.8 Å². The molecule has 1 atom stereocenters. The molecule has 0 fully saturated rings. The summed E-state index contributed by atoms with van der Waals surface area (Å²) in [7, 11) is 0. The van der Waals surface area contributed by atoms with Gasteiger partial charge in [0.2, 0.25) is 0 Å². The summed E-state index contributed by atoms with van der Waals surface area (Å²) in [6, 6.07) is 0. The molecule has 1 aromatic rings. The van der Waals surface area contributed by atoms with Gasteiger partial charge in [0, 0.05) is 12.6 Å². The molecule has 0 spiro atoms. The molecule has 0 saturated carbocycles. The molecule has 0 saturated heterocycles.